The Hall–Kier alpha value is -0.100. The predicted molar refractivity (Wildman–Crippen MR) is 49.5 cm³/mol. The summed E-state index contributed by atoms with van der Waals surface area (Å²) in [5, 5.41) is 0.117. The highest BCUT2D eigenvalue weighted by atomic mass is 79.9. The number of hydrogen-bond acceptors (Lipinski definition) is 1. The van der Waals surface area contributed by atoms with E-state index in [1.165, 1.54) is 0 Å². The molecule has 0 aliphatic rings. The summed E-state index contributed by atoms with van der Waals surface area (Å²) in [6, 6.07) is 0.991. The molecule has 72 valence electrons. The Balaban J connectivity index is 3.22. The highest BCUT2D eigenvalue weighted by Crippen LogP contribution is 2.27. The summed E-state index contributed by atoms with van der Waals surface area (Å²) in [5.74, 6) is -0.604. The predicted octanol–water partition coefficient (Wildman–Crippen LogP) is 3.82. The Kier molecular flexibility index (Phi) is 3.73. The molecule has 0 radical (unpaired) electrons. The van der Waals surface area contributed by atoms with E-state index in [1.54, 1.807) is 0 Å². The van der Waals surface area contributed by atoms with E-state index in [0.29, 0.717) is 0 Å². The normalized spacial score (nSPS) is 10.9. The maximum Gasteiger partial charge on any atom is 0.281 e. The molecule has 0 saturated carbocycles. The van der Waals surface area contributed by atoms with Gasteiger partial charge in [0.1, 0.15) is 11.5 Å². The standard InChI is InChI=1S/C7H4Br2F3N/c8-2-5-4(10)1-3(9)6(13-5)7(11)12/h1,7H,2H2. The molecule has 1 aromatic rings. The van der Waals surface area contributed by atoms with E-state index in [-0.39, 0.29) is 15.5 Å². The second-order valence-corrected chi connectivity index (χ2v) is 3.63. The Bertz CT molecular complexity index is 317. The van der Waals surface area contributed by atoms with Gasteiger partial charge in [0.2, 0.25) is 0 Å². The van der Waals surface area contributed by atoms with Gasteiger partial charge in [0.15, 0.2) is 0 Å². The lowest BCUT2D eigenvalue weighted by atomic mass is 10.3. The molecule has 1 heterocycles. The average molecular weight is 319 g/mol. The van der Waals surface area contributed by atoms with Gasteiger partial charge in [0, 0.05) is 9.80 Å². The molecule has 1 rings (SSSR count). The summed E-state index contributed by atoms with van der Waals surface area (Å²) in [5.41, 5.74) is -0.450. The third-order valence-corrected chi connectivity index (χ3v) is 2.53. The number of aromatic nitrogens is 1. The highest BCUT2D eigenvalue weighted by molar-refractivity contribution is 9.10. The molecule has 13 heavy (non-hydrogen) atoms. The van der Waals surface area contributed by atoms with Gasteiger partial charge >= 0.3 is 0 Å². The van der Waals surface area contributed by atoms with Crippen LogP contribution in [0.2, 0.25) is 0 Å². The van der Waals surface area contributed by atoms with Crippen LogP contribution in [0.4, 0.5) is 13.2 Å². The zero-order chi connectivity index (χ0) is 10.0. The summed E-state index contributed by atoms with van der Waals surface area (Å²) in [4.78, 5) is 3.47. The Morgan fingerprint density at radius 1 is 1.46 bits per heavy atom. The maximum atomic E-state index is 12.9. The van der Waals surface area contributed by atoms with Crippen molar-refractivity contribution >= 4 is 31.9 Å². The molecule has 0 atom stereocenters. The minimum atomic E-state index is -2.70. The number of nitrogens with zero attached hydrogens (tertiary/aromatic N) is 1. The molecule has 0 spiro atoms. The Morgan fingerprint density at radius 2 is 2.08 bits per heavy atom. The molecule has 0 N–H and O–H groups in total. The molecule has 0 aliphatic carbocycles. The van der Waals surface area contributed by atoms with Crippen LogP contribution in [-0.4, -0.2) is 4.98 Å². The van der Waals surface area contributed by atoms with E-state index in [0.717, 1.165) is 6.07 Å². The van der Waals surface area contributed by atoms with Crippen LogP contribution >= 0.6 is 31.9 Å². The van der Waals surface area contributed by atoms with Crippen LogP contribution in [0.25, 0.3) is 0 Å². The zero-order valence-electron chi connectivity index (χ0n) is 6.20. The monoisotopic (exact) mass is 317 g/mol. The largest absolute Gasteiger partial charge is 0.281 e. The van der Waals surface area contributed by atoms with Crippen LogP contribution in [0.5, 0.6) is 0 Å². The van der Waals surface area contributed by atoms with Gasteiger partial charge in [-0.2, -0.15) is 0 Å². The van der Waals surface area contributed by atoms with Crippen molar-refractivity contribution < 1.29 is 13.2 Å². The van der Waals surface area contributed by atoms with Crippen LogP contribution in [0.15, 0.2) is 10.5 Å². The molecule has 0 saturated heterocycles. The van der Waals surface area contributed by atoms with Crippen molar-refractivity contribution in [3.8, 4) is 0 Å². The lowest BCUT2D eigenvalue weighted by Gasteiger charge is -2.05. The number of halogens is 5. The molecular formula is C7H4Br2F3N. The van der Waals surface area contributed by atoms with Crippen molar-refractivity contribution in [2.24, 2.45) is 0 Å². The van der Waals surface area contributed by atoms with Gasteiger partial charge in [-0.1, -0.05) is 15.9 Å². The SMILES string of the molecule is Fc1cc(Br)c(C(F)F)nc1CBr. The minimum absolute atomic E-state index is 0.00954. The van der Waals surface area contributed by atoms with E-state index in [2.05, 4.69) is 36.8 Å². The van der Waals surface area contributed by atoms with E-state index in [9.17, 15) is 13.2 Å². The molecule has 0 amide bonds. The zero-order valence-corrected chi connectivity index (χ0v) is 9.37. The molecule has 6 heteroatoms. The Labute approximate surface area is 89.6 Å². The number of rotatable bonds is 2. The van der Waals surface area contributed by atoms with Gasteiger partial charge in [-0.15, -0.1) is 0 Å². The van der Waals surface area contributed by atoms with Crippen LogP contribution in [0, 0.1) is 5.82 Å². The van der Waals surface area contributed by atoms with Gasteiger partial charge in [-0.05, 0) is 22.0 Å². The number of alkyl halides is 3. The molecule has 0 unspecified atom stereocenters. The summed E-state index contributed by atoms with van der Waals surface area (Å²) in [6.07, 6.45) is -2.70. The average Bonchev–Trinajstić information content (AvgIpc) is 2.03. The van der Waals surface area contributed by atoms with Gasteiger partial charge in [0.25, 0.3) is 6.43 Å². The van der Waals surface area contributed by atoms with Gasteiger partial charge in [-0.25, -0.2) is 18.2 Å². The van der Waals surface area contributed by atoms with E-state index < -0.39 is 17.9 Å². The third kappa shape index (κ3) is 2.43. The molecular weight excluding hydrogens is 315 g/mol. The fraction of sp³-hybridized carbons (Fsp3) is 0.286. The van der Waals surface area contributed by atoms with Crippen LogP contribution in [-0.2, 0) is 5.33 Å². The Morgan fingerprint density at radius 3 is 2.54 bits per heavy atom. The van der Waals surface area contributed by atoms with E-state index in [1.807, 2.05) is 0 Å². The molecule has 0 aliphatic heterocycles. The van der Waals surface area contributed by atoms with E-state index in [4.69, 9.17) is 0 Å². The van der Waals surface area contributed by atoms with Crippen molar-refractivity contribution in [3.05, 3.63) is 27.7 Å². The highest BCUT2D eigenvalue weighted by Gasteiger charge is 2.16. The van der Waals surface area contributed by atoms with Gasteiger partial charge < -0.3 is 0 Å². The summed E-state index contributed by atoms with van der Waals surface area (Å²) in [6.45, 7) is 0. The third-order valence-electron chi connectivity index (χ3n) is 1.36. The second kappa shape index (κ2) is 4.41. The first-order valence-corrected chi connectivity index (χ1v) is 5.16. The number of pyridine rings is 1. The molecule has 0 aromatic carbocycles. The van der Waals surface area contributed by atoms with Crippen molar-refractivity contribution in [1.82, 2.24) is 4.98 Å². The molecule has 0 bridgehead atoms. The maximum absolute atomic E-state index is 12.9. The first-order valence-electron chi connectivity index (χ1n) is 3.25. The second-order valence-electron chi connectivity index (χ2n) is 2.22. The summed E-state index contributed by atoms with van der Waals surface area (Å²) in [7, 11) is 0. The van der Waals surface area contributed by atoms with Crippen molar-refractivity contribution in [3.63, 3.8) is 0 Å². The summed E-state index contributed by atoms with van der Waals surface area (Å²) < 4.78 is 37.4. The van der Waals surface area contributed by atoms with Crippen molar-refractivity contribution in [2.45, 2.75) is 11.8 Å². The van der Waals surface area contributed by atoms with Crippen LogP contribution in [0.1, 0.15) is 17.8 Å². The fourth-order valence-corrected chi connectivity index (χ4v) is 1.62. The fourth-order valence-electron chi connectivity index (χ4n) is 0.767. The molecule has 1 nitrogen and oxygen atoms in total. The summed E-state index contributed by atoms with van der Waals surface area (Å²) >= 11 is 5.77. The van der Waals surface area contributed by atoms with Gasteiger partial charge in [0.05, 0.1) is 5.69 Å². The first kappa shape index (κ1) is 11.0. The van der Waals surface area contributed by atoms with Crippen molar-refractivity contribution in [1.29, 1.82) is 0 Å². The molecule has 0 fully saturated rings. The minimum Gasteiger partial charge on any atom is -0.247 e. The molecule has 1 aromatic heterocycles. The topological polar surface area (TPSA) is 12.9 Å². The number of hydrogen-bond donors (Lipinski definition) is 0. The van der Waals surface area contributed by atoms with Crippen LogP contribution < -0.4 is 0 Å². The lowest BCUT2D eigenvalue weighted by Crippen LogP contribution is -1.99. The van der Waals surface area contributed by atoms with Gasteiger partial charge in [-0.3, -0.25) is 0 Å². The van der Waals surface area contributed by atoms with E-state index >= 15 is 0 Å². The van der Waals surface area contributed by atoms with Crippen molar-refractivity contribution in [2.75, 3.05) is 0 Å². The van der Waals surface area contributed by atoms with Crippen LogP contribution in [0.3, 0.4) is 0 Å². The quantitative estimate of drug-likeness (QED) is 0.756. The first-order chi connectivity index (χ1) is 6.06. The lowest BCUT2D eigenvalue weighted by molar-refractivity contribution is 0.144. The smallest absolute Gasteiger partial charge is 0.247 e.